The molecule has 7 nitrogen and oxygen atoms in total. The van der Waals surface area contributed by atoms with E-state index in [1.54, 1.807) is 21.8 Å². The number of hydrogen-bond donors (Lipinski definition) is 1. The molecule has 0 radical (unpaired) electrons. The summed E-state index contributed by atoms with van der Waals surface area (Å²) >= 11 is 6.13. The minimum absolute atomic E-state index is 0.112. The third-order valence-corrected chi connectivity index (χ3v) is 4.99. The van der Waals surface area contributed by atoms with E-state index in [1.807, 2.05) is 39.8 Å². The highest BCUT2D eigenvalue weighted by Crippen LogP contribution is 2.20. The van der Waals surface area contributed by atoms with E-state index < -0.39 is 0 Å². The van der Waals surface area contributed by atoms with Crippen molar-refractivity contribution in [2.45, 2.75) is 47.4 Å². The van der Waals surface area contributed by atoms with Crippen molar-refractivity contribution in [3.8, 4) is 5.75 Å². The van der Waals surface area contributed by atoms with Crippen LogP contribution in [0, 0.1) is 27.7 Å². The number of aromatic nitrogens is 4. The number of aryl methyl sites for hydroxylation is 4. The van der Waals surface area contributed by atoms with Crippen LogP contribution >= 0.6 is 11.6 Å². The molecule has 1 amide bonds. The molecule has 2 aromatic heterocycles. The second-order valence-electron chi connectivity index (χ2n) is 6.82. The highest BCUT2D eigenvalue weighted by molar-refractivity contribution is 6.31. The van der Waals surface area contributed by atoms with Crippen molar-refractivity contribution in [3.05, 3.63) is 58.1 Å². The topological polar surface area (TPSA) is 74.0 Å². The molecule has 0 aliphatic heterocycles. The lowest BCUT2D eigenvalue weighted by atomic mass is 10.1. The molecule has 1 aromatic carbocycles. The summed E-state index contributed by atoms with van der Waals surface area (Å²) in [5.74, 6) is 0.703. The van der Waals surface area contributed by atoms with Crippen LogP contribution in [0.3, 0.4) is 0 Å². The largest absolute Gasteiger partial charge is 0.471 e. The van der Waals surface area contributed by atoms with Gasteiger partial charge in [-0.2, -0.15) is 10.2 Å². The SMILES string of the molecule is Cc1ccc(OCn2cc(NC(=O)CCn3nc(C)c(Cl)c3C)cn2)c(C)c1. The number of benzene rings is 1. The van der Waals surface area contributed by atoms with Gasteiger partial charge in [0, 0.05) is 6.42 Å². The van der Waals surface area contributed by atoms with E-state index in [0.717, 1.165) is 22.7 Å². The number of anilines is 1. The highest BCUT2D eigenvalue weighted by Gasteiger charge is 2.11. The van der Waals surface area contributed by atoms with Crippen LogP contribution in [0.25, 0.3) is 0 Å². The zero-order valence-corrected chi connectivity index (χ0v) is 17.2. The van der Waals surface area contributed by atoms with Crippen LogP contribution in [0.15, 0.2) is 30.6 Å². The van der Waals surface area contributed by atoms with Crippen molar-refractivity contribution in [1.82, 2.24) is 19.6 Å². The van der Waals surface area contributed by atoms with Crippen molar-refractivity contribution < 1.29 is 9.53 Å². The van der Waals surface area contributed by atoms with E-state index in [4.69, 9.17) is 16.3 Å². The summed E-state index contributed by atoms with van der Waals surface area (Å²) < 4.78 is 9.17. The molecule has 0 fully saturated rings. The van der Waals surface area contributed by atoms with Gasteiger partial charge in [0.05, 0.1) is 41.0 Å². The molecule has 8 heteroatoms. The predicted octanol–water partition coefficient (Wildman–Crippen LogP) is 4.03. The number of nitrogens with zero attached hydrogens (tertiary/aromatic N) is 4. The van der Waals surface area contributed by atoms with Crippen molar-refractivity contribution >= 4 is 23.2 Å². The Morgan fingerprint density at radius 2 is 2.04 bits per heavy atom. The molecule has 0 saturated heterocycles. The van der Waals surface area contributed by atoms with Gasteiger partial charge >= 0.3 is 0 Å². The van der Waals surface area contributed by atoms with Gasteiger partial charge < -0.3 is 10.1 Å². The molecular formula is C20H24ClN5O2. The summed E-state index contributed by atoms with van der Waals surface area (Å²) in [4.78, 5) is 12.2. The standard InChI is InChI=1S/C20H24ClN5O2/c1-13-5-6-18(14(2)9-13)28-12-25-11-17(10-22-25)23-19(27)7-8-26-16(4)20(21)15(3)24-26/h5-6,9-11H,7-8,12H2,1-4H3,(H,23,27). The molecule has 148 valence electrons. The number of amides is 1. The fraction of sp³-hybridized carbons (Fsp3) is 0.350. The molecule has 1 N–H and O–H groups in total. The van der Waals surface area contributed by atoms with Gasteiger partial charge in [-0.3, -0.25) is 9.48 Å². The van der Waals surface area contributed by atoms with E-state index in [2.05, 4.69) is 21.6 Å². The van der Waals surface area contributed by atoms with Crippen LogP contribution in [-0.2, 0) is 18.1 Å². The van der Waals surface area contributed by atoms with Crippen LogP contribution in [-0.4, -0.2) is 25.5 Å². The molecule has 2 heterocycles. The number of hydrogen-bond acceptors (Lipinski definition) is 4. The van der Waals surface area contributed by atoms with Crippen LogP contribution in [0.4, 0.5) is 5.69 Å². The first-order valence-corrected chi connectivity index (χ1v) is 9.43. The van der Waals surface area contributed by atoms with Gasteiger partial charge in [-0.25, -0.2) is 4.68 Å². The molecule has 0 atom stereocenters. The number of halogens is 1. The number of rotatable bonds is 7. The quantitative estimate of drug-likeness (QED) is 0.648. The normalized spacial score (nSPS) is 10.9. The van der Waals surface area contributed by atoms with Gasteiger partial charge in [-0.15, -0.1) is 0 Å². The van der Waals surface area contributed by atoms with E-state index in [1.165, 1.54) is 5.56 Å². The Labute approximate surface area is 169 Å². The summed E-state index contributed by atoms with van der Waals surface area (Å²) in [7, 11) is 0. The fourth-order valence-corrected chi connectivity index (χ4v) is 3.05. The van der Waals surface area contributed by atoms with Crippen LogP contribution in [0.2, 0.25) is 5.02 Å². The van der Waals surface area contributed by atoms with Gasteiger partial charge in [0.15, 0.2) is 6.73 Å². The zero-order valence-electron chi connectivity index (χ0n) is 16.5. The maximum atomic E-state index is 12.2. The Morgan fingerprint density at radius 1 is 1.25 bits per heavy atom. The molecule has 0 saturated carbocycles. The first-order chi connectivity index (χ1) is 13.3. The highest BCUT2D eigenvalue weighted by atomic mass is 35.5. The first-order valence-electron chi connectivity index (χ1n) is 9.05. The van der Waals surface area contributed by atoms with Crippen LogP contribution in [0.1, 0.15) is 28.9 Å². The van der Waals surface area contributed by atoms with Crippen LogP contribution < -0.4 is 10.1 Å². The van der Waals surface area contributed by atoms with Gasteiger partial charge in [0.2, 0.25) is 5.91 Å². The first kappa shape index (κ1) is 19.9. The number of nitrogens with one attached hydrogen (secondary N) is 1. The smallest absolute Gasteiger partial charge is 0.226 e. The monoisotopic (exact) mass is 401 g/mol. The van der Waals surface area contributed by atoms with E-state index in [0.29, 0.717) is 23.7 Å². The maximum Gasteiger partial charge on any atom is 0.226 e. The lowest BCUT2D eigenvalue weighted by Crippen LogP contribution is -2.15. The number of carbonyl (C=O) groups excluding carboxylic acids is 1. The Balaban J connectivity index is 1.51. The van der Waals surface area contributed by atoms with Crippen molar-refractivity contribution in [2.24, 2.45) is 0 Å². The second kappa shape index (κ2) is 8.48. The number of ether oxygens (including phenoxy) is 1. The molecule has 0 spiro atoms. The van der Waals surface area contributed by atoms with Crippen molar-refractivity contribution in [2.75, 3.05) is 5.32 Å². The molecule has 0 bridgehead atoms. The Bertz CT molecular complexity index is 993. The van der Waals surface area contributed by atoms with Gasteiger partial charge in [0.25, 0.3) is 0 Å². The molecule has 0 aliphatic carbocycles. The van der Waals surface area contributed by atoms with Crippen molar-refractivity contribution in [1.29, 1.82) is 0 Å². The van der Waals surface area contributed by atoms with Crippen molar-refractivity contribution in [3.63, 3.8) is 0 Å². The third kappa shape index (κ3) is 4.72. The van der Waals surface area contributed by atoms with Gasteiger partial charge in [-0.1, -0.05) is 29.3 Å². The Morgan fingerprint density at radius 3 is 2.71 bits per heavy atom. The van der Waals surface area contributed by atoms with Gasteiger partial charge in [-0.05, 0) is 39.3 Å². The molecule has 0 aliphatic rings. The molecule has 3 aromatic rings. The second-order valence-corrected chi connectivity index (χ2v) is 7.19. The fourth-order valence-electron chi connectivity index (χ4n) is 2.92. The third-order valence-electron chi connectivity index (χ3n) is 4.44. The average Bonchev–Trinajstić information content (AvgIpc) is 3.19. The molecular weight excluding hydrogens is 378 g/mol. The minimum atomic E-state index is -0.112. The zero-order chi connectivity index (χ0) is 20.3. The Hall–Kier alpha value is -2.80. The predicted molar refractivity (Wildman–Crippen MR) is 109 cm³/mol. The lowest BCUT2D eigenvalue weighted by Gasteiger charge is -2.09. The Kier molecular flexibility index (Phi) is 6.04. The summed E-state index contributed by atoms with van der Waals surface area (Å²) in [5.41, 5.74) is 4.52. The van der Waals surface area contributed by atoms with E-state index in [-0.39, 0.29) is 12.6 Å². The van der Waals surface area contributed by atoms with Crippen LogP contribution in [0.5, 0.6) is 5.75 Å². The van der Waals surface area contributed by atoms with E-state index in [9.17, 15) is 4.79 Å². The summed E-state index contributed by atoms with van der Waals surface area (Å²) in [6.07, 6.45) is 3.63. The molecule has 3 rings (SSSR count). The lowest BCUT2D eigenvalue weighted by molar-refractivity contribution is -0.116. The average molecular weight is 402 g/mol. The summed E-state index contributed by atoms with van der Waals surface area (Å²) in [6.45, 7) is 8.52. The molecule has 0 unspecified atom stereocenters. The summed E-state index contributed by atoms with van der Waals surface area (Å²) in [5, 5.41) is 12.0. The van der Waals surface area contributed by atoms with E-state index >= 15 is 0 Å². The molecule has 28 heavy (non-hydrogen) atoms. The maximum absolute atomic E-state index is 12.2. The number of carbonyl (C=O) groups is 1. The van der Waals surface area contributed by atoms with Gasteiger partial charge in [0.1, 0.15) is 5.75 Å². The minimum Gasteiger partial charge on any atom is -0.471 e. The summed E-state index contributed by atoms with van der Waals surface area (Å²) in [6, 6.07) is 6.02.